The maximum atomic E-state index is 13.8. The number of benzene rings is 2. The summed E-state index contributed by atoms with van der Waals surface area (Å²) < 4.78 is 40.0. The summed E-state index contributed by atoms with van der Waals surface area (Å²) in [6.07, 6.45) is 4.98. The molecule has 5 aromatic rings. The molecule has 3 aromatic heterocycles. The van der Waals surface area contributed by atoms with E-state index in [1.807, 2.05) is 61.5 Å². The largest absolute Gasteiger partial charge is 0.305 e. The van der Waals surface area contributed by atoms with Gasteiger partial charge in [-0.25, -0.2) is 4.39 Å². The van der Waals surface area contributed by atoms with E-state index in [4.69, 9.17) is 0 Å². The maximum Gasteiger partial charge on any atom is 0.0756 e. The van der Waals surface area contributed by atoms with Gasteiger partial charge in [-0.3, -0.25) is 13.8 Å². The minimum absolute atomic E-state index is 0. The molecule has 0 N–H and O–H groups in total. The minimum Gasteiger partial charge on any atom is -0.305 e. The number of pyridine rings is 3. The molecule has 1 radical (unpaired) electrons. The van der Waals surface area contributed by atoms with Crippen molar-refractivity contribution in [3.05, 3.63) is 127 Å². The van der Waals surface area contributed by atoms with E-state index in [1.54, 1.807) is 24.5 Å². The van der Waals surface area contributed by atoms with Crippen LogP contribution in [-0.4, -0.2) is 15.0 Å². The Hall–Kier alpha value is -3.67. The van der Waals surface area contributed by atoms with Gasteiger partial charge in [-0.15, -0.1) is 35.9 Å². The van der Waals surface area contributed by atoms with E-state index in [2.05, 4.69) is 27.1 Å². The van der Waals surface area contributed by atoms with Gasteiger partial charge in [0.15, 0.2) is 0 Å². The molecule has 0 saturated heterocycles. The molecule has 0 atom stereocenters. The Morgan fingerprint density at radius 2 is 1.40 bits per heavy atom. The number of aromatic nitrogens is 3. The average molecular weight is 646 g/mol. The van der Waals surface area contributed by atoms with Crippen LogP contribution < -0.4 is 0 Å². The molecule has 5 rings (SSSR count). The first kappa shape index (κ1) is 25.9. The summed E-state index contributed by atoms with van der Waals surface area (Å²) in [4.78, 5) is 12.6. The van der Waals surface area contributed by atoms with E-state index in [9.17, 15) is 13.2 Å². The van der Waals surface area contributed by atoms with Crippen LogP contribution in [0.1, 0.15) is 5.56 Å². The molecular weight excluding hydrogens is 628 g/mol. The first-order valence-electron chi connectivity index (χ1n) is 10.4. The Morgan fingerprint density at radius 3 is 2.00 bits per heavy atom. The van der Waals surface area contributed by atoms with Crippen LogP contribution in [0.15, 0.2) is 91.4 Å². The predicted molar refractivity (Wildman–Crippen MR) is 125 cm³/mol. The Morgan fingerprint density at radius 1 is 0.714 bits per heavy atom. The third-order valence-electron chi connectivity index (χ3n) is 4.89. The Labute approximate surface area is 215 Å². The molecule has 7 heteroatoms. The summed E-state index contributed by atoms with van der Waals surface area (Å²) >= 11 is 0. The topological polar surface area (TPSA) is 38.7 Å². The Balaban J connectivity index is 0.000000223. The SMILES string of the molecule is Cc1cc(-c2[c-]c(F)c(F)cc2F)ncc1-c1ccccn1.[Ir].[c-]1ccccc1-c1ccccn1. The van der Waals surface area contributed by atoms with E-state index in [-0.39, 0.29) is 31.4 Å². The summed E-state index contributed by atoms with van der Waals surface area (Å²) in [5, 5.41) is 0. The predicted octanol–water partition coefficient (Wildman–Crippen LogP) is 6.88. The number of aryl methyl sites for hydroxylation is 1. The number of rotatable bonds is 3. The normalized spacial score (nSPS) is 10.1. The van der Waals surface area contributed by atoms with Gasteiger partial charge in [0.05, 0.1) is 17.3 Å². The number of halogens is 3. The second kappa shape index (κ2) is 12.2. The van der Waals surface area contributed by atoms with Crippen LogP contribution in [0, 0.1) is 36.5 Å². The Bertz CT molecular complexity index is 1350. The molecule has 0 fully saturated rings. The molecule has 35 heavy (non-hydrogen) atoms. The minimum atomic E-state index is -1.27. The van der Waals surface area contributed by atoms with Crippen LogP contribution in [0.25, 0.3) is 33.8 Å². The van der Waals surface area contributed by atoms with E-state index >= 15 is 0 Å². The van der Waals surface area contributed by atoms with E-state index in [1.165, 1.54) is 6.20 Å². The first-order chi connectivity index (χ1) is 16.5. The number of nitrogens with zero attached hydrogens (tertiary/aromatic N) is 3. The quantitative estimate of drug-likeness (QED) is 0.159. The van der Waals surface area contributed by atoms with Crippen molar-refractivity contribution in [2.24, 2.45) is 0 Å². The fourth-order valence-electron chi connectivity index (χ4n) is 3.22. The van der Waals surface area contributed by atoms with Gasteiger partial charge < -0.3 is 9.97 Å². The van der Waals surface area contributed by atoms with E-state index in [0.717, 1.165) is 28.1 Å². The van der Waals surface area contributed by atoms with Crippen LogP contribution >= 0.6 is 0 Å². The fourth-order valence-corrected chi connectivity index (χ4v) is 3.22. The summed E-state index contributed by atoms with van der Waals surface area (Å²) in [5.74, 6) is -3.41. The van der Waals surface area contributed by atoms with Crippen molar-refractivity contribution in [3.63, 3.8) is 0 Å². The van der Waals surface area contributed by atoms with Crippen LogP contribution in [-0.2, 0) is 20.1 Å². The van der Waals surface area contributed by atoms with Gasteiger partial charge in [-0.05, 0) is 42.1 Å². The third-order valence-corrected chi connectivity index (χ3v) is 4.89. The standard InChI is InChI=1S/C17H10F3N2.C11H8N.Ir/c1-10-6-17(11-7-14(19)15(20)8-13(11)18)22-9-12(10)16-4-2-3-5-21-16;1-2-6-10(7-3-1)11-8-4-5-9-12-11;/h2-6,8-9H,1H3;1-6,8-9H;/q2*-1;. The van der Waals surface area contributed by atoms with Crippen molar-refractivity contribution in [1.82, 2.24) is 15.0 Å². The van der Waals surface area contributed by atoms with Crippen molar-refractivity contribution in [2.75, 3.05) is 0 Å². The van der Waals surface area contributed by atoms with Gasteiger partial charge in [-0.2, -0.15) is 0 Å². The second-order valence-electron chi connectivity index (χ2n) is 7.24. The molecule has 3 nitrogen and oxygen atoms in total. The van der Waals surface area contributed by atoms with Crippen molar-refractivity contribution in [2.45, 2.75) is 6.92 Å². The smallest absolute Gasteiger partial charge is 0.0756 e. The molecule has 0 aliphatic carbocycles. The molecular formula is C28H18F3IrN3-2. The van der Waals surface area contributed by atoms with Gasteiger partial charge in [0.25, 0.3) is 0 Å². The molecule has 0 aliphatic rings. The van der Waals surface area contributed by atoms with Gasteiger partial charge in [0.2, 0.25) is 0 Å². The zero-order valence-electron chi connectivity index (χ0n) is 18.5. The molecule has 0 amide bonds. The molecule has 2 aromatic carbocycles. The van der Waals surface area contributed by atoms with Crippen LogP contribution in [0.3, 0.4) is 0 Å². The summed E-state index contributed by atoms with van der Waals surface area (Å²) in [7, 11) is 0. The van der Waals surface area contributed by atoms with Crippen molar-refractivity contribution >= 4 is 0 Å². The zero-order chi connectivity index (χ0) is 23.9. The van der Waals surface area contributed by atoms with Crippen molar-refractivity contribution in [3.8, 4) is 33.8 Å². The van der Waals surface area contributed by atoms with Crippen LogP contribution in [0.4, 0.5) is 13.2 Å². The molecule has 0 spiro atoms. The van der Waals surface area contributed by atoms with Gasteiger partial charge >= 0.3 is 0 Å². The second-order valence-corrected chi connectivity index (χ2v) is 7.24. The first-order valence-corrected chi connectivity index (χ1v) is 10.4. The summed E-state index contributed by atoms with van der Waals surface area (Å²) in [6, 6.07) is 26.4. The Kier molecular flexibility index (Phi) is 9.01. The van der Waals surface area contributed by atoms with E-state index < -0.39 is 17.5 Å². The van der Waals surface area contributed by atoms with Gasteiger partial charge in [0, 0.05) is 50.1 Å². The number of hydrogen-bond donors (Lipinski definition) is 0. The van der Waals surface area contributed by atoms with Crippen molar-refractivity contribution in [1.29, 1.82) is 0 Å². The van der Waals surface area contributed by atoms with Gasteiger partial charge in [0.1, 0.15) is 0 Å². The average Bonchev–Trinajstić information content (AvgIpc) is 2.88. The zero-order valence-corrected chi connectivity index (χ0v) is 20.9. The van der Waals surface area contributed by atoms with Crippen LogP contribution in [0.2, 0.25) is 0 Å². The van der Waals surface area contributed by atoms with Crippen LogP contribution in [0.5, 0.6) is 0 Å². The molecule has 3 heterocycles. The molecule has 0 unspecified atom stereocenters. The maximum absolute atomic E-state index is 13.8. The molecule has 177 valence electrons. The van der Waals surface area contributed by atoms with Crippen molar-refractivity contribution < 1.29 is 33.3 Å². The van der Waals surface area contributed by atoms with E-state index in [0.29, 0.717) is 6.07 Å². The monoisotopic (exact) mass is 646 g/mol. The summed E-state index contributed by atoms with van der Waals surface area (Å²) in [6.45, 7) is 1.81. The third kappa shape index (κ3) is 6.47. The summed E-state index contributed by atoms with van der Waals surface area (Å²) in [5.41, 5.74) is 4.31. The molecule has 0 aliphatic heterocycles. The molecule has 0 saturated carbocycles. The number of hydrogen-bond acceptors (Lipinski definition) is 3. The fraction of sp³-hybridized carbons (Fsp3) is 0.0357. The van der Waals surface area contributed by atoms with Gasteiger partial charge in [-0.1, -0.05) is 42.0 Å². The molecule has 0 bridgehead atoms.